The van der Waals surface area contributed by atoms with Crippen LogP contribution in [0.25, 0.3) is 0 Å². The molecule has 2 aromatic carbocycles. The number of fused-ring (bicyclic) bond motifs is 1. The summed E-state index contributed by atoms with van der Waals surface area (Å²) in [5.41, 5.74) is -0.585. The molecule has 4 rings (SSSR count). The monoisotopic (exact) mass is 483 g/mol. The predicted molar refractivity (Wildman–Crippen MR) is 108 cm³/mol. The fourth-order valence-electron chi connectivity index (χ4n) is 4.17. The topological polar surface area (TPSA) is 47.6 Å². The summed E-state index contributed by atoms with van der Waals surface area (Å²) in [6.45, 7) is 1.10. The molecule has 0 radical (unpaired) electrons. The molecule has 160 valence electrons. The Morgan fingerprint density at radius 3 is 2.60 bits per heavy atom. The second-order valence-electron chi connectivity index (χ2n) is 7.62. The highest BCUT2D eigenvalue weighted by Gasteiger charge is 2.44. The van der Waals surface area contributed by atoms with Crippen LogP contribution >= 0.6 is 15.9 Å². The molecular formula is C22H21BrF3NO3. The van der Waals surface area contributed by atoms with Gasteiger partial charge in [0.05, 0.1) is 23.6 Å². The van der Waals surface area contributed by atoms with Gasteiger partial charge in [-0.2, -0.15) is 13.2 Å². The smallest absolute Gasteiger partial charge is 0.416 e. The van der Waals surface area contributed by atoms with Crippen molar-refractivity contribution < 1.29 is 27.4 Å². The second-order valence-corrected chi connectivity index (χ2v) is 8.53. The van der Waals surface area contributed by atoms with Gasteiger partial charge < -0.3 is 14.8 Å². The Balaban J connectivity index is 1.67. The van der Waals surface area contributed by atoms with E-state index in [0.29, 0.717) is 50.4 Å². The Morgan fingerprint density at radius 1 is 1.10 bits per heavy atom. The maximum atomic E-state index is 13.5. The highest BCUT2D eigenvalue weighted by atomic mass is 79.9. The van der Waals surface area contributed by atoms with Gasteiger partial charge in [-0.25, -0.2) is 0 Å². The molecule has 1 saturated heterocycles. The van der Waals surface area contributed by atoms with Gasteiger partial charge >= 0.3 is 6.18 Å². The maximum Gasteiger partial charge on any atom is 0.416 e. The highest BCUT2D eigenvalue weighted by Crippen LogP contribution is 2.40. The van der Waals surface area contributed by atoms with E-state index in [1.165, 1.54) is 6.07 Å². The minimum Gasteiger partial charge on any atom is -0.493 e. The van der Waals surface area contributed by atoms with Crippen LogP contribution in [0, 0.1) is 0 Å². The maximum absolute atomic E-state index is 13.5. The Labute approximate surface area is 180 Å². The summed E-state index contributed by atoms with van der Waals surface area (Å²) < 4.78 is 51.9. The van der Waals surface area contributed by atoms with Crippen molar-refractivity contribution in [3.05, 3.63) is 63.6 Å². The SMILES string of the molecule is O=C(NC1CCOc2ccc(Br)cc21)C1(c2cccc(C(F)(F)F)c2)CCOCC1. The average molecular weight is 484 g/mol. The van der Waals surface area contributed by atoms with Crippen LogP contribution in [0.1, 0.15) is 42.0 Å². The van der Waals surface area contributed by atoms with Crippen molar-refractivity contribution in [2.24, 2.45) is 0 Å². The summed E-state index contributed by atoms with van der Waals surface area (Å²) in [4.78, 5) is 13.5. The van der Waals surface area contributed by atoms with Crippen LogP contribution in [0.15, 0.2) is 46.9 Å². The van der Waals surface area contributed by atoms with Crippen LogP contribution in [0.5, 0.6) is 5.75 Å². The van der Waals surface area contributed by atoms with Gasteiger partial charge in [0.25, 0.3) is 0 Å². The molecule has 1 unspecified atom stereocenters. The van der Waals surface area contributed by atoms with Crippen LogP contribution in [-0.4, -0.2) is 25.7 Å². The zero-order valence-corrected chi connectivity index (χ0v) is 17.7. The van der Waals surface area contributed by atoms with Gasteiger partial charge in [0.2, 0.25) is 5.91 Å². The molecule has 4 nitrogen and oxygen atoms in total. The summed E-state index contributed by atoms with van der Waals surface area (Å²) in [6, 6.07) is 10.4. The van der Waals surface area contributed by atoms with Gasteiger partial charge in [0.1, 0.15) is 5.75 Å². The average Bonchev–Trinajstić information content (AvgIpc) is 2.74. The standard InChI is InChI=1S/C22H21BrF3NO3/c23-16-4-5-19-17(13-16)18(6-9-30-19)27-20(28)21(7-10-29-11-8-21)14-2-1-3-15(12-14)22(24,25)26/h1-5,12-13,18H,6-11H2,(H,27,28). The Kier molecular flexibility index (Phi) is 5.81. The number of hydrogen-bond donors (Lipinski definition) is 1. The number of alkyl halides is 3. The number of rotatable bonds is 3. The highest BCUT2D eigenvalue weighted by molar-refractivity contribution is 9.10. The Hall–Kier alpha value is -2.06. The first-order valence-electron chi connectivity index (χ1n) is 9.78. The fraction of sp³-hybridized carbons (Fsp3) is 0.409. The van der Waals surface area contributed by atoms with E-state index in [-0.39, 0.29) is 11.9 Å². The normalized spacial score (nSPS) is 20.7. The third-order valence-electron chi connectivity index (χ3n) is 5.84. The van der Waals surface area contributed by atoms with Crippen molar-refractivity contribution in [1.29, 1.82) is 0 Å². The number of halogens is 4. The molecular weight excluding hydrogens is 463 g/mol. The molecule has 0 spiro atoms. The third-order valence-corrected chi connectivity index (χ3v) is 6.33. The molecule has 1 atom stereocenters. The molecule has 2 aromatic rings. The number of carbonyl (C=O) groups excluding carboxylic acids is 1. The van der Waals surface area contributed by atoms with Crippen LogP contribution < -0.4 is 10.1 Å². The zero-order valence-electron chi connectivity index (χ0n) is 16.1. The molecule has 2 aliphatic heterocycles. The lowest BCUT2D eigenvalue weighted by molar-refractivity contribution is -0.138. The predicted octanol–water partition coefficient (Wildman–Crippen LogP) is 5.16. The molecule has 0 aromatic heterocycles. The molecule has 1 fully saturated rings. The van der Waals surface area contributed by atoms with Crippen LogP contribution in [0.2, 0.25) is 0 Å². The number of hydrogen-bond acceptors (Lipinski definition) is 3. The summed E-state index contributed by atoms with van der Waals surface area (Å²) in [5.74, 6) is 0.429. The molecule has 0 aliphatic carbocycles. The molecule has 1 amide bonds. The first-order chi connectivity index (χ1) is 14.3. The second kappa shape index (κ2) is 8.23. The van der Waals surface area contributed by atoms with Gasteiger partial charge in [-0.3, -0.25) is 4.79 Å². The van der Waals surface area contributed by atoms with Gasteiger partial charge in [-0.05, 0) is 42.7 Å². The van der Waals surface area contributed by atoms with E-state index >= 15 is 0 Å². The van der Waals surface area contributed by atoms with Crippen LogP contribution in [0.4, 0.5) is 13.2 Å². The number of carbonyl (C=O) groups is 1. The Bertz CT molecular complexity index is 941. The van der Waals surface area contributed by atoms with E-state index in [0.717, 1.165) is 22.2 Å². The third kappa shape index (κ3) is 4.07. The van der Waals surface area contributed by atoms with Gasteiger partial charge in [-0.1, -0.05) is 34.1 Å². The van der Waals surface area contributed by atoms with Gasteiger partial charge in [0.15, 0.2) is 0 Å². The quantitative estimate of drug-likeness (QED) is 0.656. The molecule has 30 heavy (non-hydrogen) atoms. The van der Waals surface area contributed by atoms with Crippen molar-refractivity contribution in [1.82, 2.24) is 5.32 Å². The van der Waals surface area contributed by atoms with Crippen LogP contribution in [0.3, 0.4) is 0 Å². The summed E-state index contributed by atoms with van der Waals surface area (Å²) in [5, 5.41) is 3.09. The van der Waals surface area contributed by atoms with E-state index in [1.807, 2.05) is 18.2 Å². The molecule has 1 N–H and O–H groups in total. The van der Waals surface area contributed by atoms with Gasteiger partial charge in [-0.15, -0.1) is 0 Å². The molecule has 0 bridgehead atoms. The number of benzene rings is 2. The summed E-state index contributed by atoms with van der Waals surface area (Å²) >= 11 is 3.44. The number of nitrogens with one attached hydrogen (secondary N) is 1. The van der Waals surface area contributed by atoms with E-state index in [9.17, 15) is 18.0 Å². The lowest BCUT2D eigenvalue weighted by Crippen LogP contribution is -2.49. The number of amides is 1. The summed E-state index contributed by atoms with van der Waals surface area (Å²) in [7, 11) is 0. The molecule has 8 heteroatoms. The minimum absolute atomic E-state index is 0.274. The van der Waals surface area contributed by atoms with Gasteiger partial charge in [0, 0.05) is 29.7 Å². The van der Waals surface area contributed by atoms with E-state index in [2.05, 4.69) is 21.2 Å². The summed E-state index contributed by atoms with van der Waals surface area (Å²) in [6.07, 6.45) is -3.22. The molecule has 2 heterocycles. The zero-order chi connectivity index (χ0) is 21.4. The first-order valence-corrected chi connectivity index (χ1v) is 10.6. The number of ether oxygens (including phenoxy) is 2. The van der Waals surface area contributed by atoms with Crippen molar-refractivity contribution in [3.63, 3.8) is 0 Å². The lowest BCUT2D eigenvalue weighted by Gasteiger charge is -2.38. The van der Waals surface area contributed by atoms with Crippen molar-refractivity contribution in [2.45, 2.75) is 36.9 Å². The lowest BCUT2D eigenvalue weighted by atomic mass is 9.72. The van der Waals surface area contributed by atoms with Crippen LogP contribution in [-0.2, 0) is 21.1 Å². The van der Waals surface area contributed by atoms with Crippen molar-refractivity contribution in [2.75, 3.05) is 19.8 Å². The van der Waals surface area contributed by atoms with E-state index < -0.39 is 17.2 Å². The first kappa shape index (κ1) is 21.2. The fourth-order valence-corrected chi connectivity index (χ4v) is 4.55. The van der Waals surface area contributed by atoms with E-state index in [1.54, 1.807) is 6.07 Å². The molecule has 0 saturated carbocycles. The largest absolute Gasteiger partial charge is 0.493 e. The van der Waals surface area contributed by atoms with E-state index in [4.69, 9.17) is 9.47 Å². The van der Waals surface area contributed by atoms with Crippen molar-refractivity contribution >= 4 is 21.8 Å². The minimum atomic E-state index is -4.47. The van der Waals surface area contributed by atoms with Crippen molar-refractivity contribution in [3.8, 4) is 5.75 Å². The Morgan fingerprint density at radius 2 is 1.87 bits per heavy atom. The molecule has 2 aliphatic rings.